The van der Waals surface area contributed by atoms with Gasteiger partial charge in [0.2, 0.25) is 0 Å². The summed E-state index contributed by atoms with van der Waals surface area (Å²) in [5.41, 5.74) is -0.337. The third-order valence-corrected chi connectivity index (χ3v) is 6.12. The van der Waals surface area contributed by atoms with E-state index in [1.807, 2.05) is 5.32 Å². The lowest BCUT2D eigenvalue weighted by molar-refractivity contribution is -0.384. The van der Waals surface area contributed by atoms with Crippen LogP contribution < -0.4 is 20.3 Å². The molecule has 0 unspecified atom stereocenters. The number of imide groups is 2. The smallest absolute Gasteiger partial charge is 0.335 e. The van der Waals surface area contributed by atoms with Crippen LogP contribution >= 0.6 is 34.8 Å². The maximum Gasteiger partial charge on any atom is 0.335 e. The Kier molecular flexibility index (Phi) is 8.15. The predicted octanol–water partition coefficient (Wildman–Crippen LogP) is 5.24. The monoisotopic (exact) mass is 588 g/mol. The second-order valence-corrected chi connectivity index (χ2v) is 9.09. The standard InChI is InChI=1S/C25H15Cl3N4O7/c26-17-6-1-2-7-20(17)29-21(33)12-39-22-18(27)9-13(10-19(22)28)8-16-23(34)30-25(36)31(24(16)35)14-4-3-5-15(11-14)32(37)38/h1-11H,12H2,(H,29,33)(H,30,34,36)/b16-8-. The molecule has 1 aliphatic heterocycles. The molecular formula is C25H15Cl3N4O7. The van der Waals surface area contributed by atoms with Gasteiger partial charge in [0.1, 0.15) is 5.57 Å². The van der Waals surface area contributed by atoms with Crippen LogP contribution in [0, 0.1) is 10.1 Å². The number of nitrogens with one attached hydrogen (secondary N) is 2. The summed E-state index contributed by atoms with van der Waals surface area (Å²) in [5, 5.41) is 16.0. The van der Waals surface area contributed by atoms with Gasteiger partial charge in [-0.3, -0.25) is 29.8 Å². The van der Waals surface area contributed by atoms with E-state index in [2.05, 4.69) is 5.32 Å². The fourth-order valence-electron chi connectivity index (χ4n) is 3.49. The van der Waals surface area contributed by atoms with Crippen molar-refractivity contribution in [1.82, 2.24) is 5.32 Å². The van der Waals surface area contributed by atoms with Crippen molar-refractivity contribution < 1.29 is 28.8 Å². The molecule has 0 radical (unpaired) electrons. The molecule has 0 saturated carbocycles. The molecule has 1 heterocycles. The highest BCUT2D eigenvalue weighted by atomic mass is 35.5. The summed E-state index contributed by atoms with van der Waals surface area (Å²) >= 11 is 18.6. The Morgan fingerprint density at radius 3 is 2.36 bits per heavy atom. The Hall–Kier alpha value is -4.45. The zero-order chi connectivity index (χ0) is 28.3. The Bertz CT molecular complexity index is 1550. The van der Waals surface area contributed by atoms with Crippen molar-refractivity contribution >= 4 is 81.7 Å². The van der Waals surface area contributed by atoms with Crippen LogP contribution in [0.3, 0.4) is 0 Å². The van der Waals surface area contributed by atoms with E-state index in [0.717, 1.165) is 12.1 Å². The van der Waals surface area contributed by atoms with Crippen LogP contribution in [-0.2, 0) is 14.4 Å². The van der Waals surface area contributed by atoms with Crippen molar-refractivity contribution in [2.75, 3.05) is 16.8 Å². The molecule has 1 aliphatic rings. The lowest BCUT2D eigenvalue weighted by Gasteiger charge is -2.26. The normalized spacial score (nSPS) is 14.3. The van der Waals surface area contributed by atoms with Crippen molar-refractivity contribution in [3.05, 3.63) is 97.0 Å². The van der Waals surface area contributed by atoms with Crippen molar-refractivity contribution in [3.63, 3.8) is 0 Å². The molecule has 11 nitrogen and oxygen atoms in total. The van der Waals surface area contributed by atoms with E-state index >= 15 is 0 Å². The number of non-ortho nitro benzene ring substituents is 1. The van der Waals surface area contributed by atoms with Gasteiger partial charge < -0.3 is 10.1 Å². The fourth-order valence-corrected chi connectivity index (χ4v) is 4.29. The maximum atomic E-state index is 13.1. The molecular weight excluding hydrogens is 575 g/mol. The number of amides is 5. The molecule has 0 spiro atoms. The molecule has 5 amide bonds. The number of urea groups is 1. The summed E-state index contributed by atoms with van der Waals surface area (Å²) < 4.78 is 5.45. The Morgan fingerprint density at radius 1 is 1.00 bits per heavy atom. The minimum absolute atomic E-state index is 0.0254. The van der Waals surface area contributed by atoms with E-state index in [4.69, 9.17) is 39.5 Å². The van der Waals surface area contributed by atoms with Crippen LogP contribution in [0.2, 0.25) is 15.1 Å². The number of hydrogen-bond donors (Lipinski definition) is 2. The predicted molar refractivity (Wildman–Crippen MR) is 144 cm³/mol. The fraction of sp³-hybridized carbons (Fsp3) is 0.0400. The summed E-state index contributed by atoms with van der Waals surface area (Å²) in [7, 11) is 0. The first-order chi connectivity index (χ1) is 18.5. The number of para-hydroxylation sites is 1. The second-order valence-electron chi connectivity index (χ2n) is 7.87. The Labute approximate surface area is 235 Å². The number of nitro benzene ring substituents is 1. The number of anilines is 2. The van der Waals surface area contributed by atoms with Gasteiger partial charge in [-0.2, -0.15) is 0 Å². The van der Waals surface area contributed by atoms with Crippen LogP contribution in [0.5, 0.6) is 5.75 Å². The van der Waals surface area contributed by atoms with E-state index in [1.54, 1.807) is 24.3 Å². The molecule has 198 valence electrons. The van der Waals surface area contributed by atoms with Gasteiger partial charge in [-0.25, -0.2) is 9.69 Å². The largest absolute Gasteiger partial charge is 0.481 e. The van der Waals surface area contributed by atoms with Crippen molar-refractivity contribution in [2.45, 2.75) is 0 Å². The van der Waals surface area contributed by atoms with Gasteiger partial charge in [0.05, 0.1) is 31.4 Å². The number of carbonyl (C=O) groups is 4. The van der Waals surface area contributed by atoms with E-state index in [1.165, 1.54) is 30.3 Å². The zero-order valence-electron chi connectivity index (χ0n) is 19.4. The Morgan fingerprint density at radius 2 is 1.69 bits per heavy atom. The molecule has 39 heavy (non-hydrogen) atoms. The number of halogens is 3. The number of barbiturate groups is 1. The SMILES string of the molecule is O=C(COc1c(Cl)cc(/C=C2/C(=O)NC(=O)N(c3cccc([N+](=O)[O-])c3)C2=O)cc1Cl)Nc1ccccc1Cl. The van der Waals surface area contributed by atoms with Crippen LogP contribution in [0.25, 0.3) is 6.08 Å². The minimum Gasteiger partial charge on any atom is -0.481 e. The zero-order valence-corrected chi connectivity index (χ0v) is 21.7. The van der Waals surface area contributed by atoms with E-state index in [9.17, 15) is 29.3 Å². The van der Waals surface area contributed by atoms with E-state index in [0.29, 0.717) is 15.6 Å². The minimum atomic E-state index is -1.07. The van der Waals surface area contributed by atoms with Gasteiger partial charge in [0.25, 0.3) is 23.4 Å². The third kappa shape index (κ3) is 6.17. The first-order valence-corrected chi connectivity index (χ1v) is 12.0. The van der Waals surface area contributed by atoms with Gasteiger partial charge in [-0.05, 0) is 42.0 Å². The number of ether oxygens (including phenoxy) is 1. The van der Waals surface area contributed by atoms with Crippen LogP contribution in [-0.4, -0.2) is 35.3 Å². The molecule has 0 bridgehead atoms. The highest BCUT2D eigenvalue weighted by Crippen LogP contribution is 2.35. The number of hydrogen-bond acceptors (Lipinski definition) is 7. The average Bonchev–Trinajstić information content (AvgIpc) is 2.87. The summed E-state index contributed by atoms with van der Waals surface area (Å²) in [4.78, 5) is 61.2. The Balaban J connectivity index is 1.55. The third-order valence-electron chi connectivity index (χ3n) is 5.23. The molecule has 0 aliphatic carbocycles. The summed E-state index contributed by atoms with van der Waals surface area (Å²) in [6.07, 6.45) is 1.14. The van der Waals surface area contributed by atoms with Gasteiger partial charge in [0.15, 0.2) is 12.4 Å². The topological polar surface area (TPSA) is 148 Å². The first kappa shape index (κ1) is 27.6. The van der Waals surface area contributed by atoms with Crippen molar-refractivity contribution in [1.29, 1.82) is 0 Å². The second kappa shape index (κ2) is 11.5. The molecule has 4 rings (SSSR count). The lowest BCUT2D eigenvalue weighted by Crippen LogP contribution is -2.54. The van der Waals surface area contributed by atoms with Gasteiger partial charge in [-0.15, -0.1) is 0 Å². The number of nitrogens with zero attached hydrogens (tertiary/aromatic N) is 2. The number of rotatable bonds is 7. The molecule has 3 aromatic rings. The number of carbonyl (C=O) groups excluding carboxylic acids is 4. The average molecular weight is 590 g/mol. The van der Waals surface area contributed by atoms with Crippen LogP contribution in [0.15, 0.2) is 66.2 Å². The van der Waals surface area contributed by atoms with E-state index < -0.39 is 40.9 Å². The summed E-state index contributed by atoms with van der Waals surface area (Å²) in [6, 6.07) is 13.0. The first-order valence-electron chi connectivity index (χ1n) is 10.9. The van der Waals surface area contributed by atoms with Gasteiger partial charge >= 0.3 is 6.03 Å². The number of nitro groups is 1. The highest BCUT2D eigenvalue weighted by Gasteiger charge is 2.37. The molecule has 3 aromatic carbocycles. The maximum absolute atomic E-state index is 13.1. The van der Waals surface area contributed by atoms with Gasteiger partial charge in [-0.1, -0.05) is 53.0 Å². The number of benzene rings is 3. The van der Waals surface area contributed by atoms with Crippen molar-refractivity contribution in [2.24, 2.45) is 0 Å². The lowest BCUT2D eigenvalue weighted by atomic mass is 10.1. The molecule has 0 atom stereocenters. The van der Waals surface area contributed by atoms with Gasteiger partial charge in [0, 0.05) is 12.1 Å². The molecule has 14 heteroatoms. The quantitative estimate of drug-likeness (QED) is 0.166. The van der Waals surface area contributed by atoms with E-state index in [-0.39, 0.29) is 32.7 Å². The van der Waals surface area contributed by atoms with Crippen molar-refractivity contribution in [3.8, 4) is 5.75 Å². The molecule has 2 N–H and O–H groups in total. The molecule has 0 aromatic heterocycles. The summed E-state index contributed by atoms with van der Waals surface area (Å²) in [6.45, 7) is -0.452. The molecule has 1 fully saturated rings. The van der Waals surface area contributed by atoms with Crippen LogP contribution in [0.4, 0.5) is 21.9 Å². The van der Waals surface area contributed by atoms with Crippen LogP contribution in [0.1, 0.15) is 5.56 Å². The molecule has 1 saturated heterocycles. The summed E-state index contributed by atoms with van der Waals surface area (Å²) in [5.74, 6) is -2.57. The highest BCUT2D eigenvalue weighted by molar-refractivity contribution is 6.40.